The SMILES string of the molecule is CCCCCCC(C)NC(C)CN1CCOCC1. The summed E-state index contributed by atoms with van der Waals surface area (Å²) in [5.74, 6) is 0. The van der Waals surface area contributed by atoms with Gasteiger partial charge in [-0.2, -0.15) is 0 Å². The van der Waals surface area contributed by atoms with Gasteiger partial charge < -0.3 is 10.1 Å². The van der Waals surface area contributed by atoms with Crippen molar-refractivity contribution >= 4 is 0 Å². The van der Waals surface area contributed by atoms with Gasteiger partial charge in [0.2, 0.25) is 0 Å². The van der Waals surface area contributed by atoms with Crippen LogP contribution in [-0.4, -0.2) is 49.8 Å². The maximum atomic E-state index is 5.38. The van der Waals surface area contributed by atoms with Crippen molar-refractivity contribution in [2.45, 2.75) is 65.0 Å². The molecule has 1 rings (SSSR count). The summed E-state index contributed by atoms with van der Waals surface area (Å²) >= 11 is 0. The highest BCUT2D eigenvalue weighted by Crippen LogP contribution is 2.06. The third-order valence-electron chi connectivity index (χ3n) is 3.70. The van der Waals surface area contributed by atoms with E-state index in [-0.39, 0.29) is 0 Å². The summed E-state index contributed by atoms with van der Waals surface area (Å²) in [4.78, 5) is 2.50. The molecule has 0 aliphatic carbocycles. The van der Waals surface area contributed by atoms with Crippen LogP contribution in [0.5, 0.6) is 0 Å². The van der Waals surface area contributed by atoms with Gasteiger partial charge >= 0.3 is 0 Å². The minimum Gasteiger partial charge on any atom is -0.379 e. The molecule has 1 saturated heterocycles. The molecule has 1 fully saturated rings. The average Bonchev–Trinajstić information content (AvgIpc) is 2.35. The van der Waals surface area contributed by atoms with Crippen LogP contribution < -0.4 is 5.32 Å². The number of hydrogen-bond acceptors (Lipinski definition) is 3. The van der Waals surface area contributed by atoms with Crippen molar-refractivity contribution in [3.63, 3.8) is 0 Å². The van der Waals surface area contributed by atoms with Crippen LogP contribution in [0.25, 0.3) is 0 Å². The monoisotopic (exact) mass is 256 g/mol. The van der Waals surface area contributed by atoms with Crippen LogP contribution in [-0.2, 0) is 4.74 Å². The number of morpholine rings is 1. The number of hydrogen-bond donors (Lipinski definition) is 1. The van der Waals surface area contributed by atoms with Crippen molar-refractivity contribution in [1.29, 1.82) is 0 Å². The van der Waals surface area contributed by atoms with E-state index in [2.05, 4.69) is 31.0 Å². The van der Waals surface area contributed by atoms with E-state index >= 15 is 0 Å². The number of rotatable bonds is 9. The van der Waals surface area contributed by atoms with Crippen molar-refractivity contribution in [1.82, 2.24) is 10.2 Å². The summed E-state index contributed by atoms with van der Waals surface area (Å²) in [5, 5.41) is 3.72. The highest BCUT2D eigenvalue weighted by molar-refractivity contribution is 4.73. The van der Waals surface area contributed by atoms with E-state index in [1.54, 1.807) is 0 Å². The van der Waals surface area contributed by atoms with E-state index in [4.69, 9.17) is 4.74 Å². The molecule has 1 N–H and O–H groups in total. The van der Waals surface area contributed by atoms with E-state index in [1.165, 1.54) is 32.1 Å². The molecule has 0 amide bonds. The third-order valence-corrected chi connectivity index (χ3v) is 3.70. The van der Waals surface area contributed by atoms with E-state index in [9.17, 15) is 0 Å². The van der Waals surface area contributed by atoms with Crippen molar-refractivity contribution in [3.05, 3.63) is 0 Å². The molecule has 108 valence electrons. The molecule has 0 saturated carbocycles. The number of ether oxygens (including phenoxy) is 1. The zero-order valence-corrected chi connectivity index (χ0v) is 12.6. The summed E-state index contributed by atoms with van der Waals surface area (Å²) in [6, 6.07) is 1.24. The predicted octanol–water partition coefficient (Wildman–Crippen LogP) is 2.66. The van der Waals surface area contributed by atoms with Crippen LogP contribution in [0.2, 0.25) is 0 Å². The number of nitrogens with zero attached hydrogens (tertiary/aromatic N) is 1. The van der Waals surface area contributed by atoms with Gasteiger partial charge in [0.25, 0.3) is 0 Å². The lowest BCUT2D eigenvalue weighted by Crippen LogP contribution is -2.46. The van der Waals surface area contributed by atoms with Crippen LogP contribution in [0.4, 0.5) is 0 Å². The lowest BCUT2D eigenvalue weighted by atomic mass is 10.1. The van der Waals surface area contributed by atoms with Gasteiger partial charge in [0.05, 0.1) is 13.2 Å². The summed E-state index contributed by atoms with van der Waals surface area (Å²) in [6.07, 6.45) is 6.78. The molecule has 0 aromatic rings. The van der Waals surface area contributed by atoms with Gasteiger partial charge in [-0.1, -0.05) is 32.6 Å². The van der Waals surface area contributed by atoms with E-state index in [0.717, 1.165) is 32.8 Å². The molecular formula is C15H32N2O. The Labute approximate surface area is 113 Å². The molecule has 2 atom stereocenters. The normalized spacial score (nSPS) is 20.8. The smallest absolute Gasteiger partial charge is 0.0594 e. The van der Waals surface area contributed by atoms with Crippen molar-refractivity contribution < 1.29 is 4.74 Å². The fourth-order valence-corrected chi connectivity index (χ4v) is 2.67. The first-order valence-electron chi connectivity index (χ1n) is 7.78. The summed E-state index contributed by atoms with van der Waals surface area (Å²) in [7, 11) is 0. The molecule has 2 unspecified atom stereocenters. The standard InChI is InChI=1S/C15H32N2O/c1-4-5-6-7-8-14(2)16-15(3)13-17-9-11-18-12-10-17/h14-16H,4-13H2,1-3H3. The minimum absolute atomic E-state index is 0.587. The molecule has 0 radical (unpaired) electrons. The van der Waals surface area contributed by atoms with Crippen molar-refractivity contribution in [2.24, 2.45) is 0 Å². The topological polar surface area (TPSA) is 24.5 Å². The second-order valence-electron chi connectivity index (χ2n) is 5.73. The molecule has 1 heterocycles. The number of nitrogens with one attached hydrogen (secondary N) is 1. The second-order valence-corrected chi connectivity index (χ2v) is 5.73. The Balaban J connectivity index is 2.04. The van der Waals surface area contributed by atoms with Gasteiger partial charge in [0.15, 0.2) is 0 Å². The molecule has 18 heavy (non-hydrogen) atoms. The van der Waals surface area contributed by atoms with Crippen LogP contribution >= 0.6 is 0 Å². The molecule has 1 aliphatic rings. The van der Waals surface area contributed by atoms with Gasteiger partial charge in [-0.15, -0.1) is 0 Å². The Kier molecular flexibility index (Phi) is 8.64. The average molecular weight is 256 g/mol. The van der Waals surface area contributed by atoms with Crippen LogP contribution in [0, 0.1) is 0 Å². The van der Waals surface area contributed by atoms with Gasteiger partial charge in [-0.05, 0) is 20.3 Å². The molecule has 0 bridgehead atoms. The molecule has 0 aromatic heterocycles. The Hall–Kier alpha value is -0.120. The molecule has 0 spiro atoms. The Bertz CT molecular complexity index is 193. The van der Waals surface area contributed by atoms with E-state index in [0.29, 0.717) is 12.1 Å². The molecule has 3 nitrogen and oxygen atoms in total. The summed E-state index contributed by atoms with van der Waals surface area (Å²) in [5.41, 5.74) is 0. The Morgan fingerprint density at radius 1 is 1.06 bits per heavy atom. The highest BCUT2D eigenvalue weighted by atomic mass is 16.5. The van der Waals surface area contributed by atoms with Crippen LogP contribution in [0.1, 0.15) is 52.9 Å². The first-order chi connectivity index (χ1) is 8.72. The van der Waals surface area contributed by atoms with Gasteiger partial charge in [0, 0.05) is 31.7 Å². The van der Waals surface area contributed by atoms with Gasteiger partial charge in [-0.25, -0.2) is 0 Å². The quantitative estimate of drug-likeness (QED) is 0.642. The lowest BCUT2D eigenvalue weighted by molar-refractivity contribution is 0.0339. The molecule has 3 heteroatoms. The molecule has 0 aromatic carbocycles. The summed E-state index contributed by atoms with van der Waals surface area (Å²) < 4.78 is 5.38. The number of unbranched alkanes of at least 4 members (excludes halogenated alkanes) is 3. The largest absolute Gasteiger partial charge is 0.379 e. The van der Waals surface area contributed by atoms with E-state index < -0.39 is 0 Å². The third kappa shape index (κ3) is 7.34. The van der Waals surface area contributed by atoms with Crippen LogP contribution in [0.3, 0.4) is 0 Å². The highest BCUT2D eigenvalue weighted by Gasteiger charge is 2.14. The van der Waals surface area contributed by atoms with Crippen LogP contribution in [0.15, 0.2) is 0 Å². The van der Waals surface area contributed by atoms with Crippen molar-refractivity contribution in [3.8, 4) is 0 Å². The van der Waals surface area contributed by atoms with Gasteiger partial charge in [-0.3, -0.25) is 4.90 Å². The predicted molar refractivity (Wildman–Crippen MR) is 78.1 cm³/mol. The van der Waals surface area contributed by atoms with Crippen molar-refractivity contribution in [2.75, 3.05) is 32.8 Å². The second kappa shape index (κ2) is 9.76. The molecular weight excluding hydrogens is 224 g/mol. The zero-order chi connectivity index (χ0) is 13.2. The zero-order valence-electron chi connectivity index (χ0n) is 12.6. The first kappa shape index (κ1) is 15.9. The Morgan fingerprint density at radius 2 is 1.78 bits per heavy atom. The maximum absolute atomic E-state index is 5.38. The first-order valence-corrected chi connectivity index (χ1v) is 7.78. The van der Waals surface area contributed by atoms with Gasteiger partial charge in [0.1, 0.15) is 0 Å². The molecule has 1 aliphatic heterocycles. The Morgan fingerprint density at radius 3 is 2.44 bits per heavy atom. The fraction of sp³-hybridized carbons (Fsp3) is 1.00. The maximum Gasteiger partial charge on any atom is 0.0594 e. The van der Waals surface area contributed by atoms with E-state index in [1.807, 2.05) is 0 Å². The fourth-order valence-electron chi connectivity index (χ4n) is 2.67. The minimum atomic E-state index is 0.587. The summed E-state index contributed by atoms with van der Waals surface area (Å²) in [6.45, 7) is 12.0. The lowest BCUT2D eigenvalue weighted by Gasteiger charge is -2.30.